The van der Waals surface area contributed by atoms with Gasteiger partial charge in [0.25, 0.3) is 0 Å². The molecule has 0 unspecified atom stereocenters. The Bertz CT molecular complexity index is 231. The Morgan fingerprint density at radius 3 is 2.79 bits per heavy atom. The van der Waals surface area contributed by atoms with Crippen LogP contribution in [-0.2, 0) is 4.79 Å². The second-order valence-corrected chi connectivity index (χ2v) is 3.83. The predicted octanol–water partition coefficient (Wildman–Crippen LogP) is 1.09. The molecule has 0 aromatic carbocycles. The van der Waals surface area contributed by atoms with E-state index in [1.807, 2.05) is 4.90 Å². The van der Waals surface area contributed by atoms with E-state index in [1.54, 1.807) is 0 Å². The van der Waals surface area contributed by atoms with E-state index in [9.17, 15) is 4.79 Å². The van der Waals surface area contributed by atoms with Gasteiger partial charge in [-0.25, -0.2) is 0 Å². The molecular weight excluding hydrogens is 180 g/mol. The summed E-state index contributed by atoms with van der Waals surface area (Å²) in [6.07, 6.45) is 3.75. The Kier molecular flexibility index (Phi) is 4.41. The Hall–Kier alpha value is -1.08. The highest BCUT2D eigenvalue weighted by molar-refractivity contribution is 5.69. The summed E-state index contributed by atoms with van der Waals surface area (Å²) in [5, 5.41) is 17.0. The summed E-state index contributed by atoms with van der Waals surface area (Å²) in [5.41, 5.74) is 0. The molecule has 0 radical (unpaired) electrons. The van der Waals surface area contributed by atoms with Gasteiger partial charge in [0.05, 0.1) is 12.6 Å². The number of rotatable bonds is 7. The van der Waals surface area contributed by atoms with Gasteiger partial charge in [-0.3, -0.25) is 9.69 Å². The van der Waals surface area contributed by atoms with E-state index < -0.39 is 5.97 Å². The quantitative estimate of drug-likeness (QED) is 0.619. The van der Waals surface area contributed by atoms with Gasteiger partial charge in [0.15, 0.2) is 0 Å². The van der Waals surface area contributed by atoms with E-state index >= 15 is 0 Å². The van der Waals surface area contributed by atoms with Crippen LogP contribution < -0.4 is 0 Å². The molecule has 4 heteroatoms. The minimum atomic E-state index is -0.775. The maximum absolute atomic E-state index is 10.5. The van der Waals surface area contributed by atoms with Crippen molar-refractivity contribution in [1.29, 1.82) is 5.26 Å². The van der Waals surface area contributed by atoms with E-state index in [1.165, 1.54) is 12.8 Å². The number of nitriles is 1. The first kappa shape index (κ1) is 11.0. The molecular formula is C10H16N2O2. The van der Waals surface area contributed by atoms with E-state index in [2.05, 4.69) is 6.07 Å². The first-order valence-electron chi connectivity index (χ1n) is 5.03. The third-order valence-electron chi connectivity index (χ3n) is 2.34. The number of carboxylic acids is 1. The lowest BCUT2D eigenvalue weighted by atomic mass is 10.3. The van der Waals surface area contributed by atoms with Crippen molar-refractivity contribution in [2.75, 3.05) is 19.6 Å². The van der Waals surface area contributed by atoms with Crippen LogP contribution in [0.5, 0.6) is 0 Å². The normalized spacial score (nSPS) is 15.4. The summed E-state index contributed by atoms with van der Waals surface area (Å²) in [5.74, 6) is -0.0703. The Morgan fingerprint density at radius 2 is 2.29 bits per heavy atom. The zero-order valence-electron chi connectivity index (χ0n) is 8.28. The maximum atomic E-state index is 10.5. The molecule has 0 aromatic rings. The van der Waals surface area contributed by atoms with Gasteiger partial charge in [-0.2, -0.15) is 5.26 Å². The minimum Gasteiger partial charge on any atom is -0.480 e. The molecule has 1 aliphatic carbocycles. The fraction of sp³-hybridized carbons (Fsp3) is 0.800. The molecule has 0 heterocycles. The zero-order valence-corrected chi connectivity index (χ0v) is 8.28. The lowest BCUT2D eigenvalue weighted by molar-refractivity contribution is -0.138. The Morgan fingerprint density at radius 1 is 1.57 bits per heavy atom. The topological polar surface area (TPSA) is 64.3 Å². The molecule has 1 saturated carbocycles. The summed E-state index contributed by atoms with van der Waals surface area (Å²) in [4.78, 5) is 12.5. The highest BCUT2D eigenvalue weighted by atomic mass is 16.4. The number of unbranched alkanes of at least 4 members (excludes halogenated alkanes) is 1. The largest absolute Gasteiger partial charge is 0.480 e. The number of aliphatic carboxylic acids is 1. The number of carboxylic acid groups (broad SMARTS) is 1. The van der Waals surface area contributed by atoms with E-state index in [4.69, 9.17) is 10.4 Å². The Labute approximate surface area is 84.1 Å². The summed E-state index contributed by atoms with van der Waals surface area (Å²) < 4.78 is 0. The smallest absolute Gasteiger partial charge is 0.317 e. The highest BCUT2D eigenvalue weighted by Crippen LogP contribution is 2.29. The van der Waals surface area contributed by atoms with Gasteiger partial charge >= 0.3 is 5.97 Å². The molecule has 1 N–H and O–H groups in total. The third-order valence-corrected chi connectivity index (χ3v) is 2.34. The maximum Gasteiger partial charge on any atom is 0.317 e. The summed E-state index contributed by atoms with van der Waals surface area (Å²) in [6, 6.07) is 2.07. The molecule has 4 nitrogen and oxygen atoms in total. The molecule has 0 saturated heterocycles. The monoisotopic (exact) mass is 196 g/mol. The van der Waals surface area contributed by atoms with Crippen LogP contribution in [0.1, 0.15) is 25.7 Å². The van der Waals surface area contributed by atoms with Crippen LogP contribution in [0.4, 0.5) is 0 Å². The molecule has 78 valence electrons. The number of hydrogen-bond donors (Lipinski definition) is 1. The van der Waals surface area contributed by atoms with Gasteiger partial charge in [0.1, 0.15) is 0 Å². The van der Waals surface area contributed by atoms with Crippen LogP contribution in [0.3, 0.4) is 0 Å². The first-order valence-corrected chi connectivity index (χ1v) is 5.03. The van der Waals surface area contributed by atoms with Gasteiger partial charge in [0.2, 0.25) is 0 Å². The van der Waals surface area contributed by atoms with Crippen molar-refractivity contribution in [2.45, 2.75) is 25.7 Å². The molecule has 14 heavy (non-hydrogen) atoms. The second-order valence-electron chi connectivity index (χ2n) is 3.83. The molecule has 0 aromatic heterocycles. The molecule has 0 bridgehead atoms. The number of nitrogens with zero attached hydrogens (tertiary/aromatic N) is 2. The van der Waals surface area contributed by atoms with Crippen LogP contribution in [0.25, 0.3) is 0 Å². The van der Waals surface area contributed by atoms with Crippen molar-refractivity contribution in [3.05, 3.63) is 0 Å². The van der Waals surface area contributed by atoms with Crippen LogP contribution in [-0.4, -0.2) is 35.6 Å². The highest BCUT2D eigenvalue weighted by Gasteiger charge is 2.24. The molecule has 1 aliphatic rings. The van der Waals surface area contributed by atoms with Gasteiger partial charge in [-0.05, 0) is 31.7 Å². The van der Waals surface area contributed by atoms with Gasteiger partial charge in [-0.1, -0.05) is 0 Å². The van der Waals surface area contributed by atoms with Crippen molar-refractivity contribution < 1.29 is 9.90 Å². The van der Waals surface area contributed by atoms with Crippen LogP contribution in [0, 0.1) is 17.2 Å². The fourth-order valence-electron chi connectivity index (χ4n) is 1.47. The molecule has 0 atom stereocenters. The first-order chi connectivity index (χ1) is 6.72. The van der Waals surface area contributed by atoms with Crippen molar-refractivity contribution in [2.24, 2.45) is 5.92 Å². The van der Waals surface area contributed by atoms with E-state index in [0.29, 0.717) is 12.3 Å². The van der Waals surface area contributed by atoms with Gasteiger partial charge in [0, 0.05) is 13.0 Å². The predicted molar refractivity (Wildman–Crippen MR) is 51.6 cm³/mol. The van der Waals surface area contributed by atoms with Crippen LogP contribution in [0.2, 0.25) is 0 Å². The third kappa shape index (κ3) is 4.83. The lowest BCUT2D eigenvalue weighted by Crippen LogP contribution is -2.32. The van der Waals surface area contributed by atoms with Crippen molar-refractivity contribution >= 4 is 5.97 Å². The van der Waals surface area contributed by atoms with Crippen molar-refractivity contribution in [3.63, 3.8) is 0 Å². The van der Waals surface area contributed by atoms with Gasteiger partial charge in [-0.15, -0.1) is 0 Å². The van der Waals surface area contributed by atoms with Crippen molar-refractivity contribution in [1.82, 2.24) is 4.90 Å². The lowest BCUT2D eigenvalue weighted by Gasteiger charge is -2.18. The molecule has 0 spiro atoms. The zero-order chi connectivity index (χ0) is 10.4. The second kappa shape index (κ2) is 5.61. The summed E-state index contributed by atoms with van der Waals surface area (Å²) >= 11 is 0. The standard InChI is InChI=1S/C10H16N2O2/c11-5-1-2-6-12(8-10(13)14)7-9-3-4-9/h9H,1-4,6-8H2,(H,13,14). The van der Waals surface area contributed by atoms with Crippen LogP contribution in [0.15, 0.2) is 0 Å². The number of carbonyl (C=O) groups is 1. The average molecular weight is 196 g/mol. The van der Waals surface area contributed by atoms with E-state index in [-0.39, 0.29) is 6.54 Å². The molecule has 1 rings (SSSR count). The minimum absolute atomic E-state index is 0.113. The Balaban J connectivity index is 2.20. The molecule has 0 amide bonds. The fourth-order valence-corrected chi connectivity index (χ4v) is 1.47. The van der Waals surface area contributed by atoms with Crippen molar-refractivity contribution in [3.8, 4) is 6.07 Å². The van der Waals surface area contributed by atoms with Gasteiger partial charge < -0.3 is 5.11 Å². The van der Waals surface area contributed by atoms with E-state index in [0.717, 1.165) is 19.5 Å². The summed E-state index contributed by atoms with van der Waals surface area (Å²) in [7, 11) is 0. The molecule has 0 aliphatic heterocycles. The molecule has 1 fully saturated rings. The summed E-state index contributed by atoms with van der Waals surface area (Å²) in [6.45, 7) is 1.73. The SMILES string of the molecule is N#CCCCN(CC(=O)O)CC1CC1. The number of hydrogen-bond acceptors (Lipinski definition) is 3. The van der Waals surface area contributed by atoms with Crippen LogP contribution >= 0.6 is 0 Å². The average Bonchev–Trinajstić information content (AvgIpc) is 2.87.